The summed E-state index contributed by atoms with van der Waals surface area (Å²) >= 11 is 0. The quantitative estimate of drug-likeness (QED) is 0.877. The van der Waals surface area contributed by atoms with Crippen LogP contribution in [0.15, 0.2) is 22.9 Å². The number of aromatic nitrogens is 3. The van der Waals surface area contributed by atoms with Crippen molar-refractivity contribution in [2.24, 2.45) is 0 Å². The third-order valence-corrected chi connectivity index (χ3v) is 2.38. The molecule has 0 saturated carbocycles. The lowest BCUT2D eigenvalue weighted by Crippen LogP contribution is -2.03. The average molecular weight is 232 g/mol. The van der Waals surface area contributed by atoms with Gasteiger partial charge in [0, 0.05) is 18.0 Å². The van der Waals surface area contributed by atoms with E-state index in [4.69, 9.17) is 4.52 Å². The fourth-order valence-corrected chi connectivity index (χ4v) is 1.38. The number of rotatable bonds is 4. The number of hydrogen-bond donors (Lipinski definition) is 1. The summed E-state index contributed by atoms with van der Waals surface area (Å²) in [7, 11) is 0. The molecule has 0 spiro atoms. The first-order chi connectivity index (χ1) is 8.15. The van der Waals surface area contributed by atoms with Crippen molar-refractivity contribution in [2.45, 2.75) is 33.2 Å². The van der Waals surface area contributed by atoms with Crippen molar-refractivity contribution in [3.63, 3.8) is 0 Å². The van der Waals surface area contributed by atoms with E-state index in [1.165, 1.54) is 0 Å². The molecule has 0 aliphatic rings. The first kappa shape index (κ1) is 11.6. The second-order valence-corrected chi connectivity index (χ2v) is 4.25. The van der Waals surface area contributed by atoms with Crippen molar-refractivity contribution in [3.05, 3.63) is 35.5 Å². The van der Waals surface area contributed by atoms with Crippen molar-refractivity contribution in [2.75, 3.05) is 5.32 Å². The van der Waals surface area contributed by atoms with E-state index >= 15 is 0 Å². The number of aryl methyl sites for hydroxylation is 1. The Morgan fingerprint density at radius 3 is 2.88 bits per heavy atom. The summed E-state index contributed by atoms with van der Waals surface area (Å²) in [4.78, 5) is 8.36. The fourth-order valence-electron chi connectivity index (χ4n) is 1.38. The summed E-state index contributed by atoms with van der Waals surface area (Å²) in [6, 6.07) is 3.81. The molecule has 17 heavy (non-hydrogen) atoms. The molecule has 2 aromatic heterocycles. The van der Waals surface area contributed by atoms with E-state index in [1.807, 2.05) is 19.1 Å². The molecule has 2 aromatic rings. The highest BCUT2D eigenvalue weighted by atomic mass is 16.5. The third-order valence-electron chi connectivity index (χ3n) is 2.38. The molecule has 0 fully saturated rings. The van der Waals surface area contributed by atoms with Crippen LogP contribution in [0.5, 0.6) is 0 Å². The zero-order valence-electron chi connectivity index (χ0n) is 10.3. The van der Waals surface area contributed by atoms with Gasteiger partial charge in [0.2, 0.25) is 5.95 Å². The molecule has 0 atom stereocenters. The highest BCUT2D eigenvalue weighted by Gasteiger charge is 2.07. The molecule has 0 amide bonds. The smallest absolute Gasteiger partial charge is 0.223 e. The zero-order chi connectivity index (χ0) is 12.3. The van der Waals surface area contributed by atoms with Gasteiger partial charge < -0.3 is 9.84 Å². The minimum atomic E-state index is 0.378. The molecule has 5 nitrogen and oxygen atoms in total. The van der Waals surface area contributed by atoms with Crippen molar-refractivity contribution >= 4 is 5.95 Å². The zero-order valence-corrected chi connectivity index (χ0v) is 10.3. The molecule has 0 aliphatic heterocycles. The van der Waals surface area contributed by atoms with Gasteiger partial charge in [-0.2, -0.15) is 0 Å². The maximum atomic E-state index is 5.21. The van der Waals surface area contributed by atoms with Crippen LogP contribution in [0.2, 0.25) is 0 Å². The molecule has 0 radical (unpaired) electrons. The Labute approximate surface area is 100 Å². The maximum absolute atomic E-state index is 5.21. The second-order valence-electron chi connectivity index (χ2n) is 4.25. The average Bonchev–Trinajstić information content (AvgIpc) is 2.75. The van der Waals surface area contributed by atoms with Crippen molar-refractivity contribution in [1.29, 1.82) is 0 Å². The van der Waals surface area contributed by atoms with E-state index in [0.29, 0.717) is 18.4 Å². The monoisotopic (exact) mass is 232 g/mol. The Balaban J connectivity index is 1.97. The van der Waals surface area contributed by atoms with Crippen molar-refractivity contribution < 1.29 is 4.52 Å². The van der Waals surface area contributed by atoms with E-state index in [9.17, 15) is 0 Å². The van der Waals surface area contributed by atoms with Gasteiger partial charge in [-0.15, -0.1) is 0 Å². The number of nitrogens with zero attached hydrogens (tertiary/aromatic N) is 3. The molecule has 0 bridgehead atoms. The molecule has 0 aromatic carbocycles. The van der Waals surface area contributed by atoms with Crippen LogP contribution in [0, 0.1) is 6.92 Å². The summed E-state index contributed by atoms with van der Waals surface area (Å²) < 4.78 is 5.21. The van der Waals surface area contributed by atoms with E-state index in [0.717, 1.165) is 17.1 Å². The molecule has 90 valence electrons. The van der Waals surface area contributed by atoms with E-state index < -0.39 is 0 Å². The molecule has 5 heteroatoms. The summed E-state index contributed by atoms with van der Waals surface area (Å²) in [5.74, 6) is 1.77. The predicted octanol–water partition coefficient (Wildman–Crippen LogP) is 2.51. The van der Waals surface area contributed by atoms with Gasteiger partial charge in [0.05, 0.1) is 12.2 Å². The molecule has 0 unspecified atom stereocenters. The molecule has 1 N–H and O–H groups in total. The second kappa shape index (κ2) is 4.95. The minimum Gasteiger partial charge on any atom is -0.359 e. The van der Waals surface area contributed by atoms with Gasteiger partial charge in [0.25, 0.3) is 0 Å². The van der Waals surface area contributed by atoms with Crippen LogP contribution in [0.25, 0.3) is 0 Å². The SMILES string of the molecule is Cc1ccnc(NCc2cc(C(C)C)no2)n1. The third kappa shape index (κ3) is 3.03. The largest absolute Gasteiger partial charge is 0.359 e. The first-order valence-electron chi connectivity index (χ1n) is 5.64. The van der Waals surface area contributed by atoms with Crippen molar-refractivity contribution in [1.82, 2.24) is 15.1 Å². The molecule has 2 heterocycles. The van der Waals surface area contributed by atoms with Crippen LogP contribution < -0.4 is 5.32 Å². The van der Waals surface area contributed by atoms with Gasteiger partial charge in [0.1, 0.15) is 0 Å². The van der Waals surface area contributed by atoms with Gasteiger partial charge in [-0.3, -0.25) is 0 Å². The highest BCUT2D eigenvalue weighted by Crippen LogP contribution is 2.14. The Hall–Kier alpha value is -1.91. The van der Waals surface area contributed by atoms with Gasteiger partial charge in [-0.05, 0) is 18.9 Å². The van der Waals surface area contributed by atoms with E-state index in [1.54, 1.807) is 6.20 Å². The van der Waals surface area contributed by atoms with Gasteiger partial charge >= 0.3 is 0 Å². The summed E-state index contributed by atoms with van der Waals surface area (Å²) in [5, 5.41) is 7.09. The lowest BCUT2D eigenvalue weighted by Gasteiger charge is -2.01. The van der Waals surface area contributed by atoms with Crippen LogP contribution in [-0.2, 0) is 6.54 Å². The number of anilines is 1. The fraction of sp³-hybridized carbons (Fsp3) is 0.417. The van der Waals surface area contributed by atoms with Crippen LogP contribution in [-0.4, -0.2) is 15.1 Å². The lowest BCUT2D eigenvalue weighted by atomic mass is 10.1. The van der Waals surface area contributed by atoms with Gasteiger partial charge in [-0.25, -0.2) is 9.97 Å². The molecular formula is C12H16N4O. The van der Waals surface area contributed by atoms with Crippen LogP contribution in [0.3, 0.4) is 0 Å². The predicted molar refractivity (Wildman–Crippen MR) is 64.7 cm³/mol. The van der Waals surface area contributed by atoms with Gasteiger partial charge in [-0.1, -0.05) is 19.0 Å². The standard InChI is InChI=1S/C12H16N4O/c1-8(2)11-6-10(17-16-11)7-14-12-13-5-4-9(3)15-12/h4-6,8H,7H2,1-3H3,(H,13,14,15). The van der Waals surface area contributed by atoms with Crippen molar-refractivity contribution in [3.8, 4) is 0 Å². The van der Waals surface area contributed by atoms with Crippen LogP contribution in [0.4, 0.5) is 5.95 Å². The van der Waals surface area contributed by atoms with Gasteiger partial charge in [0.15, 0.2) is 5.76 Å². The van der Waals surface area contributed by atoms with E-state index in [-0.39, 0.29) is 0 Å². The lowest BCUT2D eigenvalue weighted by molar-refractivity contribution is 0.379. The van der Waals surface area contributed by atoms with E-state index in [2.05, 4.69) is 34.3 Å². The van der Waals surface area contributed by atoms with Crippen LogP contribution >= 0.6 is 0 Å². The Morgan fingerprint density at radius 2 is 2.24 bits per heavy atom. The topological polar surface area (TPSA) is 63.8 Å². The Morgan fingerprint density at radius 1 is 1.41 bits per heavy atom. The highest BCUT2D eigenvalue weighted by molar-refractivity contribution is 5.25. The molecular weight excluding hydrogens is 216 g/mol. The Kier molecular flexibility index (Phi) is 3.37. The first-order valence-corrected chi connectivity index (χ1v) is 5.64. The minimum absolute atomic E-state index is 0.378. The summed E-state index contributed by atoms with van der Waals surface area (Å²) in [5.41, 5.74) is 1.90. The molecule has 0 aliphatic carbocycles. The number of hydrogen-bond acceptors (Lipinski definition) is 5. The summed E-state index contributed by atoms with van der Waals surface area (Å²) in [6.07, 6.45) is 1.73. The summed E-state index contributed by atoms with van der Waals surface area (Å²) in [6.45, 7) is 6.64. The molecule has 0 saturated heterocycles. The molecule has 2 rings (SSSR count). The van der Waals surface area contributed by atoms with Crippen LogP contribution in [0.1, 0.15) is 36.9 Å². The maximum Gasteiger partial charge on any atom is 0.223 e. The normalized spacial score (nSPS) is 10.8. The number of nitrogens with one attached hydrogen (secondary N) is 1. The Bertz CT molecular complexity index is 493.